The molecule has 1 aromatic carbocycles. The van der Waals surface area contributed by atoms with Gasteiger partial charge in [0, 0.05) is 17.3 Å². The molecule has 5 heteroatoms. The molecule has 4 N–H and O–H groups in total. The number of hydrogen-bond donors (Lipinski definition) is 3. The van der Waals surface area contributed by atoms with Crippen molar-refractivity contribution in [2.45, 2.75) is 38.6 Å². The zero-order valence-corrected chi connectivity index (χ0v) is 11.7. The van der Waals surface area contributed by atoms with Crippen LogP contribution in [0, 0.1) is 6.92 Å². The summed E-state index contributed by atoms with van der Waals surface area (Å²) in [6.07, 6.45) is 4.51. The first-order valence-corrected chi connectivity index (χ1v) is 7.01. The fourth-order valence-corrected chi connectivity index (χ4v) is 2.49. The number of anilines is 1. The molecule has 0 heterocycles. The summed E-state index contributed by atoms with van der Waals surface area (Å²) in [5.74, 6) is -0.284. The summed E-state index contributed by atoms with van der Waals surface area (Å²) in [6.45, 7) is 1.81. The molecule has 1 fully saturated rings. The van der Waals surface area contributed by atoms with Crippen LogP contribution in [0.3, 0.4) is 0 Å². The van der Waals surface area contributed by atoms with E-state index in [1.807, 2.05) is 6.92 Å². The van der Waals surface area contributed by atoms with E-state index in [-0.39, 0.29) is 18.4 Å². The van der Waals surface area contributed by atoms with E-state index < -0.39 is 0 Å². The number of nitrogens with two attached hydrogens (primary N) is 1. The maximum Gasteiger partial charge on any atom is 0.251 e. The van der Waals surface area contributed by atoms with Gasteiger partial charge in [-0.05, 0) is 43.5 Å². The van der Waals surface area contributed by atoms with Crippen LogP contribution in [-0.2, 0) is 4.79 Å². The maximum atomic E-state index is 12.1. The molecule has 0 spiro atoms. The molecule has 0 saturated heterocycles. The van der Waals surface area contributed by atoms with Gasteiger partial charge >= 0.3 is 0 Å². The third-order valence-corrected chi connectivity index (χ3v) is 3.64. The molecule has 1 aromatic rings. The smallest absolute Gasteiger partial charge is 0.251 e. The second kappa shape index (κ2) is 6.52. The van der Waals surface area contributed by atoms with E-state index in [2.05, 4.69) is 10.6 Å². The van der Waals surface area contributed by atoms with Crippen molar-refractivity contribution in [3.8, 4) is 0 Å². The van der Waals surface area contributed by atoms with E-state index in [4.69, 9.17) is 5.73 Å². The van der Waals surface area contributed by atoms with Gasteiger partial charge in [0.25, 0.3) is 5.91 Å². The lowest BCUT2D eigenvalue weighted by Crippen LogP contribution is -2.32. The second-order valence-corrected chi connectivity index (χ2v) is 5.24. The Bertz CT molecular complexity index is 508. The van der Waals surface area contributed by atoms with Crippen molar-refractivity contribution in [1.82, 2.24) is 5.32 Å². The highest BCUT2D eigenvalue weighted by Crippen LogP contribution is 2.20. The quantitative estimate of drug-likeness (QED) is 0.779. The van der Waals surface area contributed by atoms with Gasteiger partial charge in [-0.1, -0.05) is 12.8 Å². The predicted molar refractivity (Wildman–Crippen MR) is 78.6 cm³/mol. The molecule has 0 aliphatic heterocycles. The Morgan fingerprint density at radius 2 is 2.00 bits per heavy atom. The number of nitrogens with one attached hydrogen (secondary N) is 2. The first-order chi connectivity index (χ1) is 9.60. The van der Waals surface area contributed by atoms with Gasteiger partial charge in [0.1, 0.15) is 0 Å². The van der Waals surface area contributed by atoms with Gasteiger partial charge in [-0.15, -0.1) is 0 Å². The van der Waals surface area contributed by atoms with Gasteiger partial charge in [-0.3, -0.25) is 9.59 Å². The van der Waals surface area contributed by atoms with Gasteiger partial charge in [0.05, 0.1) is 6.54 Å². The van der Waals surface area contributed by atoms with Crippen LogP contribution < -0.4 is 16.4 Å². The molecular weight excluding hydrogens is 254 g/mol. The van der Waals surface area contributed by atoms with Crippen LogP contribution >= 0.6 is 0 Å². The lowest BCUT2D eigenvalue weighted by atomic mass is 10.1. The first-order valence-electron chi connectivity index (χ1n) is 7.01. The molecule has 0 bridgehead atoms. The van der Waals surface area contributed by atoms with Crippen molar-refractivity contribution in [2.24, 2.45) is 5.73 Å². The summed E-state index contributed by atoms with van der Waals surface area (Å²) in [6, 6.07) is 5.56. The van der Waals surface area contributed by atoms with E-state index >= 15 is 0 Å². The number of rotatable bonds is 4. The topological polar surface area (TPSA) is 84.2 Å². The number of carbonyl (C=O) groups excluding carboxylic acids is 2. The van der Waals surface area contributed by atoms with Crippen LogP contribution in [0.15, 0.2) is 18.2 Å². The summed E-state index contributed by atoms with van der Waals surface area (Å²) in [7, 11) is 0. The SMILES string of the molecule is Cc1cc(C(=O)NC2CCCC2)ccc1NC(=O)CN. The van der Waals surface area contributed by atoms with Crippen LogP contribution in [0.25, 0.3) is 0 Å². The normalized spacial score (nSPS) is 15.1. The minimum Gasteiger partial charge on any atom is -0.349 e. The number of carbonyl (C=O) groups is 2. The van der Waals surface area contributed by atoms with E-state index in [9.17, 15) is 9.59 Å². The third kappa shape index (κ3) is 3.57. The fraction of sp³-hybridized carbons (Fsp3) is 0.467. The maximum absolute atomic E-state index is 12.1. The molecule has 1 aliphatic carbocycles. The monoisotopic (exact) mass is 275 g/mol. The summed E-state index contributed by atoms with van der Waals surface area (Å²) >= 11 is 0. The molecule has 0 aromatic heterocycles. The van der Waals surface area contributed by atoms with Crippen molar-refractivity contribution in [3.63, 3.8) is 0 Å². The van der Waals surface area contributed by atoms with Crippen LogP contribution in [-0.4, -0.2) is 24.4 Å². The van der Waals surface area contributed by atoms with E-state index in [1.54, 1.807) is 18.2 Å². The number of benzene rings is 1. The first kappa shape index (κ1) is 14.5. The minimum absolute atomic E-state index is 0.0447. The molecule has 0 atom stereocenters. The molecule has 2 amide bonds. The molecule has 5 nitrogen and oxygen atoms in total. The van der Waals surface area contributed by atoms with Crippen LogP contribution in [0.4, 0.5) is 5.69 Å². The second-order valence-electron chi connectivity index (χ2n) is 5.24. The van der Waals surface area contributed by atoms with Crippen LogP contribution in [0.2, 0.25) is 0 Å². The van der Waals surface area contributed by atoms with Crippen molar-refractivity contribution >= 4 is 17.5 Å². The Balaban J connectivity index is 2.03. The average Bonchev–Trinajstić information content (AvgIpc) is 2.93. The number of hydrogen-bond acceptors (Lipinski definition) is 3. The van der Waals surface area contributed by atoms with Crippen LogP contribution in [0.5, 0.6) is 0 Å². The fourth-order valence-electron chi connectivity index (χ4n) is 2.49. The lowest BCUT2D eigenvalue weighted by molar-refractivity contribution is -0.114. The summed E-state index contributed by atoms with van der Waals surface area (Å²) < 4.78 is 0. The van der Waals surface area contributed by atoms with Crippen molar-refractivity contribution < 1.29 is 9.59 Å². The Labute approximate surface area is 118 Å². The highest BCUT2D eigenvalue weighted by molar-refractivity contribution is 5.97. The van der Waals surface area contributed by atoms with Gasteiger partial charge in [0.2, 0.25) is 5.91 Å². The van der Waals surface area contributed by atoms with Gasteiger partial charge in [0.15, 0.2) is 0 Å². The zero-order valence-electron chi connectivity index (χ0n) is 11.7. The molecular formula is C15H21N3O2. The standard InChI is InChI=1S/C15H21N3O2/c1-10-8-11(6-7-13(10)18-14(19)9-16)15(20)17-12-4-2-3-5-12/h6-8,12H,2-5,9,16H2,1H3,(H,17,20)(H,18,19). The highest BCUT2D eigenvalue weighted by atomic mass is 16.2. The summed E-state index contributed by atoms with van der Waals surface area (Å²) in [5.41, 5.74) is 7.43. The van der Waals surface area contributed by atoms with E-state index in [0.29, 0.717) is 17.3 Å². The number of aryl methyl sites for hydroxylation is 1. The van der Waals surface area contributed by atoms with Crippen molar-refractivity contribution in [2.75, 3.05) is 11.9 Å². The van der Waals surface area contributed by atoms with E-state index in [1.165, 1.54) is 12.8 Å². The molecule has 1 saturated carbocycles. The van der Waals surface area contributed by atoms with Gasteiger partial charge in [-0.25, -0.2) is 0 Å². The molecule has 0 unspecified atom stereocenters. The van der Waals surface area contributed by atoms with Crippen LogP contribution in [0.1, 0.15) is 41.6 Å². The largest absolute Gasteiger partial charge is 0.349 e. The Kier molecular flexibility index (Phi) is 4.74. The molecule has 1 aliphatic rings. The Morgan fingerprint density at radius 3 is 2.60 bits per heavy atom. The van der Waals surface area contributed by atoms with E-state index in [0.717, 1.165) is 18.4 Å². The predicted octanol–water partition coefficient (Wildman–Crippen LogP) is 1.56. The third-order valence-electron chi connectivity index (χ3n) is 3.64. The molecule has 0 radical (unpaired) electrons. The summed E-state index contributed by atoms with van der Waals surface area (Å²) in [5, 5.41) is 5.75. The molecule has 20 heavy (non-hydrogen) atoms. The molecule has 108 valence electrons. The number of amides is 2. The minimum atomic E-state index is -0.240. The average molecular weight is 275 g/mol. The van der Waals surface area contributed by atoms with Crippen molar-refractivity contribution in [3.05, 3.63) is 29.3 Å². The summed E-state index contributed by atoms with van der Waals surface area (Å²) in [4.78, 5) is 23.4. The highest BCUT2D eigenvalue weighted by Gasteiger charge is 2.18. The Hall–Kier alpha value is -1.88. The zero-order chi connectivity index (χ0) is 14.5. The lowest BCUT2D eigenvalue weighted by Gasteiger charge is -2.13. The molecule has 2 rings (SSSR count). The van der Waals surface area contributed by atoms with Gasteiger partial charge in [-0.2, -0.15) is 0 Å². The van der Waals surface area contributed by atoms with Crippen molar-refractivity contribution in [1.29, 1.82) is 0 Å². The Morgan fingerprint density at radius 1 is 1.30 bits per heavy atom. The van der Waals surface area contributed by atoms with Gasteiger partial charge < -0.3 is 16.4 Å².